The number of primary amides is 1. The third-order valence-electron chi connectivity index (χ3n) is 3.90. The lowest BCUT2D eigenvalue weighted by Gasteiger charge is -2.18. The number of nitrogens with zero attached hydrogens (tertiary/aromatic N) is 2. The minimum atomic E-state index is -4.58. The van der Waals surface area contributed by atoms with Crippen LogP contribution in [0.4, 0.5) is 13.2 Å². The molecule has 2 N–H and O–H groups in total. The summed E-state index contributed by atoms with van der Waals surface area (Å²) in [4.78, 5) is 24.4. The molecule has 2 rings (SSSR count). The quantitative estimate of drug-likeness (QED) is 0.906. The SMILES string of the molecule is N#Cc1ccc(CC(=O)N2C[C@@H](C(F)(F)F)[C@H](C(N)=O)C2)cc1. The molecule has 0 aromatic heterocycles. The van der Waals surface area contributed by atoms with Crippen LogP contribution in [0.25, 0.3) is 0 Å². The van der Waals surface area contributed by atoms with Gasteiger partial charge in [-0.25, -0.2) is 0 Å². The molecule has 1 heterocycles. The molecule has 0 unspecified atom stereocenters. The molecule has 0 aliphatic carbocycles. The molecule has 0 spiro atoms. The second-order valence-electron chi connectivity index (χ2n) is 5.44. The van der Waals surface area contributed by atoms with E-state index in [1.807, 2.05) is 6.07 Å². The van der Waals surface area contributed by atoms with Gasteiger partial charge in [-0.15, -0.1) is 0 Å². The van der Waals surface area contributed by atoms with Crippen LogP contribution < -0.4 is 5.73 Å². The maximum absolute atomic E-state index is 12.9. The molecule has 2 amide bonds. The number of carbonyl (C=O) groups is 2. The Morgan fingerprint density at radius 2 is 1.87 bits per heavy atom. The molecule has 122 valence electrons. The highest BCUT2D eigenvalue weighted by Crippen LogP contribution is 2.37. The lowest BCUT2D eigenvalue weighted by Crippen LogP contribution is -2.37. The monoisotopic (exact) mass is 325 g/mol. The van der Waals surface area contributed by atoms with E-state index in [0.29, 0.717) is 11.1 Å². The Morgan fingerprint density at radius 1 is 1.26 bits per heavy atom. The fourth-order valence-electron chi connectivity index (χ4n) is 2.61. The Bertz CT molecular complexity index is 649. The Morgan fingerprint density at radius 3 is 2.30 bits per heavy atom. The summed E-state index contributed by atoms with van der Waals surface area (Å²) in [5, 5.41) is 8.69. The number of likely N-dealkylation sites (tertiary alicyclic amines) is 1. The van der Waals surface area contributed by atoms with E-state index in [4.69, 9.17) is 11.0 Å². The first-order chi connectivity index (χ1) is 10.7. The van der Waals surface area contributed by atoms with E-state index in [-0.39, 0.29) is 13.0 Å². The van der Waals surface area contributed by atoms with Crippen molar-refractivity contribution in [2.75, 3.05) is 13.1 Å². The molecule has 23 heavy (non-hydrogen) atoms. The van der Waals surface area contributed by atoms with E-state index in [2.05, 4.69) is 0 Å². The summed E-state index contributed by atoms with van der Waals surface area (Å²) in [6.45, 7) is -0.888. The highest BCUT2D eigenvalue weighted by Gasteiger charge is 2.52. The lowest BCUT2D eigenvalue weighted by atomic mass is 9.95. The van der Waals surface area contributed by atoms with Gasteiger partial charge in [-0.05, 0) is 17.7 Å². The van der Waals surface area contributed by atoms with Crippen LogP contribution >= 0.6 is 0 Å². The maximum atomic E-state index is 12.9. The first-order valence-electron chi connectivity index (χ1n) is 6.85. The van der Waals surface area contributed by atoms with E-state index >= 15 is 0 Å². The van der Waals surface area contributed by atoms with Gasteiger partial charge in [0.05, 0.1) is 29.9 Å². The van der Waals surface area contributed by atoms with Gasteiger partial charge >= 0.3 is 6.18 Å². The van der Waals surface area contributed by atoms with Crippen molar-refractivity contribution in [3.63, 3.8) is 0 Å². The number of benzene rings is 1. The van der Waals surface area contributed by atoms with Crippen LogP contribution in [0.3, 0.4) is 0 Å². The highest BCUT2D eigenvalue weighted by molar-refractivity contribution is 5.82. The zero-order valence-electron chi connectivity index (χ0n) is 12.0. The summed E-state index contributed by atoms with van der Waals surface area (Å²) in [5.74, 6) is -4.90. The molecule has 0 radical (unpaired) electrons. The van der Waals surface area contributed by atoms with Crippen LogP contribution in [0.2, 0.25) is 0 Å². The number of amides is 2. The Hall–Kier alpha value is -2.56. The molecular formula is C15H14F3N3O2. The smallest absolute Gasteiger partial charge is 0.369 e. The van der Waals surface area contributed by atoms with Gasteiger partial charge in [0, 0.05) is 13.1 Å². The summed E-state index contributed by atoms with van der Waals surface area (Å²) in [6.07, 6.45) is -4.68. The van der Waals surface area contributed by atoms with Crippen molar-refractivity contribution in [2.45, 2.75) is 12.6 Å². The van der Waals surface area contributed by atoms with Gasteiger partial charge in [0.1, 0.15) is 0 Å². The van der Waals surface area contributed by atoms with E-state index < -0.39 is 36.4 Å². The zero-order chi connectivity index (χ0) is 17.2. The third kappa shape index (κ3) is 3.80. The highest BCUT2D eigenvalue weighted by atomic mass is 19.4. The molecule has 8 heteroatoms. The van der Waals surface area contributed by atoms with Gasteiger partial charge in [-0.3, -0.25) is 9.59 Å². The zero-order valence-corrected chi connectivity index (χ0v) is 12.0. The van der Waals surface area contributed by atoms with Crippen molar-refractivity contribution >= 4 is 11.8 Å². The Kier molecular flexibility index (Phi) is 4.59. The number of alkyl halides is 3. The molecule has 5 nitrogen and oxygen atoms in total. The van der Waals surface area contributed by atoms with E-state index in [1.54, 1.807) is 12.1 Å². The fourth-order valence-corrected chi connectivity index (χ4v) is 2.61. The summed E-state index contributed by atoms with van der Waals surface area (Å²) < 4.78 is 38.8. The summed E-state index contributed by atoms with van der Waals surface area (Å²) >= 11 is 0. The third-order valence-corrected chi connectivity index (χ3v) is 3.90. The number of halogens is 3. The number of carbonyl (C=O) groups excluding carboxylic acids is 2. The molecule has 0 saturated carbocycles. The van der Waals surface area contributed by atoms with Crippen molar-refractivity contribution < 1.29 is 22.8 Å². The van der Waals surface area contributed by atoms with E-state index in [0.717, 1.165) is 4.90 Å². The predicted octanol–water partition coefficient (Wildman–Crippen LogP) is 1.22. The second kappa shape index (κ2) is 6.28. The minimum absolute atomic E-state index is 0.0955. The molecule has 0 bridgehead atoms. The number of nitrogens with two attached hydrogens (primary N) is 1. The standard InChI is InChI=1S/C15H14F3N3O2/c16-15(17,18)12-8-21(7-11(12)14(20)23)13(22)5-9-1-3-10(6-19)4-2-9/h1-4,11-12H,5,7-8H2,(H2,20,23)/t11-,12-/m1/s1. The number of nitriles is 1. The number of rotatable bonds is 3. The van der Waals surface area contributed by atoms with E-state index in [9.17, 15) is 22.8 Å². The molecule has 1 fully saturated rings. The van der Waals surface area contributed by atoms with Crippen LogP contribution in [-0.4, -0.2) is 36.0 Å². The average Bonchev–Trinajstić information content (AvgIpc) is 2.93. The van der Waals surface area contributed by atoms with Gasteiger partial charge < -0.3 is 10.6 Å². The molecule has 1 aliphatic heterocycles. The maximum Gasteiger partial charge on any atom is 0.394 e. The minimum Gasteiger partial charge on any atom is -0.369 e. The molecule has 1 aliphatic rings. The van der Waals surface area contributed by atoms with Crippen LogP contribution in [0, 0.1) is 23.2 Å². The van der Waals surface area contributed by atoms with Crippen LogP contribution in [0.1, 0.15) is 11.1 Å². The normalized spacial score (nSPS) is 21.0. The van der Waals surface area contributed by atoms with Crippen molar-refractivity contribution in [1.29, 1.82) is 5.26 Å². The first kappa shape index (κ1) is 16.8. The lowest BCUT2D eigenvalue weighted by molar-refractivity contribution is -0.182. The second-order valence-corrected chi connectivity index (χ2v) is 5.44. The Labute approximate surface area is 130 Å². The number of hydrogen-bond donors (Lipinski definition) is 1. The van der Waals surface area contributed by atoms with E-state index in [1.165, 1.54) is 12.1 Å². The van der Waals surface area contributed by atoms with Gasteiger partial charge in [0.15, 0.2) is 0 Å². The molecule has 1 aromatic rings. The van der Waals surface area contributed by atoms with Crippen LogP contribution in [0.5, 0.6) is 0 Å². The Balaban J connectivity index is 2.08. The van der Waals surface area contributed by atoms with Crippen molar-refractivity contribution in [1.82, 2.24) is 4.90 Å². The topological polar surface area (TPSA) is 87.2 Å². The molecule has 1 aromatic carbocycles. The van der Waals surface area contributed by atoms with Gasteiger partial charge in [0.25, 0.3) is 0 Å². The molecule has 1 saturated heterocycles. The summed E-state index contributed by atoms with van der Waals surface area (Å²) in [6, 6.07) is 8.12. The molecule has 2 atom stereocenters. The predicted molar refractivity (Wildman–Crippen MR) is 73.7 cm³/mol. The van der Waals surface area contributed by atoms with Gasteiger partial charge in [-0.2, -0.15) is 18.4 Å². The first-order valence-corrected chi connectivity index (χ1v) is 6.85. The fraction of sp³-hybridized carbons (Fsp3) is 0.400. The van der Waals surface area contributed by atoms with Crippen LogP contribution in [0.15, 0.2) is 24.3 Å². The van der Waals surface area contributed by atoms with Crippen molar-refractivity contribution in [3.8, 4) is 6.07 Å². The van der Waals surface area contributed by atoms with Crippen molar-refractivity contribution in [2.24, 2.45) is 17.6 Å². The summed E-state index contributed by atoms with van der Waals surface area (Å²) in [7, 11) is 0. The van der Waals surface area contributed by atoms with Crippen LogP contribution in [-0.2, 0) is 16.0 Å². The average molecular weight is 325 g/mol. The number of hydrogen-bond acceptors (Lipinski definition) is 3. The van der Waals surface area contributed by atoms with Crippen molar-refractivity contribution in [3.05, 3.63) is 35.4 Å². The van der Waals surface area contributed by atoms with Gasteiger partial charge in [-0.1, -0.05) is 12.1 Å². The molecular weight excluding hydrogens is 311 g/mol. The van der Waals surface area contributed by atoms with Gasteiger partial charge in [0.2, 0.25) is 11.8 Å². The summed E-state index contributed by atoms with van der Waals surface area (Å²) in [5.41, 5.74) is 6.03. The largest absolute Gasteiger partial charge is 0.394 e.